The first kappa shape index (κ1) is 16.7. The van der Waals surface area contributed by atoms with Crippen LogP contribution in [0.15, 0.2) is 6.07 Å². The highest BCUT2D eigenvalue weighted by Gasteiger charge is 2.22. The van der Waals surface area contributed by atoms with Crippen molar-refractivity contribution in [1.29, 1.82) is 0 Å². The van der Waals surface area contributed by atoms with Crippen molar-refractivity contribution in [3.8, 4) is 0 Å². The maximum absolute atomic E-state index is 12.2. The molecule has 0 radical (unpaired) electrons. The molecule has 1 amide bonds. The van der Waals surface area contributed by atoms with Crippen LogP contribution in [0.1, 0.15) is 63.1 Å². The Morgan fingerprint density at radius 1 is 1.45 bits per heavy atom. The van der Waals surface area contributed by atoms with Crippen LogP contribution < -0.4 is 5.32 Å². The van der Waals surface area contributed by atoms with E-state index in [0.717, 1.165) is 12.1 Å². The van der Waals surface area contributed by atoms with Gasteiger partial charge in [-0.15, -0.1) is 0 Å². The summed E-state index contributed by atoms with van der Waals surface area (Å²) in [6.07, 6.45) is 0.721. The molecule has 1 aromatic rings. The van der Waals surface area contributed by atoms with E-state index in [0.29, 0.717) is 11.6 Å². The quantitative estimate of drug-likeness (QED) is 0.868. The van der Waals surface area contributed by atoms with Crippen molar-refractivity contribution in [2.45, 2.75) is 53.0 Å². The number of aliphatic hydroxyl groups excluding tert-OH is 1. The van der Waals surface area contributed by atoms with Gasteiger partial charge >= 0.3 is 0 Å². The second-order valence-electron chi connectivity index (χ2n) is 6.85. The molecule has 1 atom stereocenters. The van der Waals surface area contributed by atoms with Gasteiger partial charge in [0.1, 0.15) is 5.69 Å². The third-order valence-corrected chi connectivity index (χ3v) is 3.15. The number of aromatic nitrogens is 2. The number of carbonyl (C=O) groups is 1. The molecule has 0 spiro atoms. The first-order valence-corrected chi connectivity index (χ1v) is 7.09. The molecule has 1 unspecified atom stereocenters. The summed E-state index contributed by atoms with van der Waals surface area (Å²) in [5.41, 5.74) is 1.48. The molecule has 1 heterocycles. The molecule has 1 rings (SSSR count). The van der Waals surface area contributed by atoms with Crippen LogP contribution in [0.4, 0.5) is 0 Å². The third-order valence-electron chi connectivity index (χ3n) is 3.15. The van der Waals surface area contributed by atoms with Gasteiger partial charge in [-0.2, -0.15) is 5.10 Å². The van der Waals surface area contributed by atoms with Crippen molar-refractivity contribution >= 4 is 5.91 Å². The minimum atomic E-state index is -0.244. The average Bonchev–Trinajstić information content (AvgIpc) is 2.68. The number of aryl methyl sites for hydroxylation is 1. The van der Waals surface area contributed by atoms with E-state index in [-0.39, 0.29) is 24.0 Å². The summed E-state index contributed by atoms with van der Waals surface area (Å²) in [5, 5.41) is 16.5. The van der Waals surface area contributed by atoms with Crippen LogP contribution in [0.2, 0.25) is 0 Å². The van der Waals surface area contributed by atoms with Gasteiger partial charge in [0.25, 0.3) is 5.91 Å². The average molecular weight is 281 g/mol. The second kappa shape index (κ2) is 6.39. The van der Waals surface area contributed by atoms with Gasteiger partial charge in [-0.3, -0.25) is 9.48 Å². The number of hydrogen-bond donors (Lipinski definition) is 2. The molecule has 1 aromatic heterocycles. The lowest BCUT2D eigenvalue weighted by molar-refractivity contribution is 0.0892. The summed E-state index contributed by atoms with van der Waals surface area (Å²) in [6.45, 7) is 10.3. The Kier molecular flexibility index (Phi) is 5.34. The Labute approximate surface area is 121 Å². The van der Waals surface area contributed by atoms with E-state index in [1.807, 2.05) is 13.1 Å². The number of amides is 1. The fourth-order valence-corrected chi connectivity index (χ4v) is 2.29. The largest absolute Gasteiger partial charge is 0.394 e. The lowest BCUT2D eigenvalue weighted by Gasteiger charge is -2.25. The van der Waals surface area contributed by atoms with Crippen LogP contribution in [0, 0.1) is 5.41 Å². The van der Waals surface area contributed by atoms with Gasteiger partial charge in [0.05, 0.1) is 12.6 Å². The van der Waals surface area contributed by atoms with Gasteiger partial charge in [-0.05, 0) is 23.8 Å². The Hall–Kier alpha value is -1.36. The maximum atomic E-state index is 12.2. The summed E-state index contributed by atoms with van der Waals surface area (Å²) in [5.74, 6) is 0.0908. The standard InChI is InChI=1S/C15H27N3O2/c1-10(2)13-7-12(17-18(13)6)14(20)16-11(9-19)8-15(3,4)5/h7,10-11,19H,8-9H2,1-6H3,(H,16,20). The fourth-order valence-electron chi connectivity index (χ4n) is 2.29. The number of aliphatic hydroxyl groups is 1. The molecule has 2 N–H and O–H groups in total. The Morgan fingerprint density at radius 3 is 2.45 bits per heavy atom. The SMILES string of the molecule is CC(C)c1cc(C(=O)NC(CO)CC(C)(C)C)nn1C. The first-order chi connectivity index (χ1) is 9.14. The van der Waals surface area contributed by atoms with Crippen LogP contribution in [0.5, 0.6) is 0 Å². The number of nitrogens with zero attached hydrogens (tertiary/aromatic N) is 2. The van der Waals surface area contributed by atoms with Gasteiger partial charge in [-0.1, -0.05) is 34.6 Å². The maximum Gasteiger partial charge on any atom is 0.272 e. The summed E-state index contributed by atoms with van der Waals surface area (Å²) in [7, 11) is 1.84. The van der Waals surface area contributed by atoms with Crippen molar-refractivity contribution in [2.75, 3.05) is 6.61 Å². The monoisotopic (exact) mass is 281 g/mol. The summed E-state index contributed by atoms with van der Waals surface area (Å²) in [4.78, 5) is 12.2. The predicted molar refractivity (Wildman–Crippen MR) is 79.7 cm³/mol. The molecule has 0 aliphatic rings. The lowest BCUT2D eigenvalue weighted by atomic mass is 9.88. The van der Waals surface area contributed by atoms with Gasteiger partial charge in [0.2, 0.25) is 0 Å². The normalized spacial score (nSPS) is 13.6. The molecule has 0 aliphatic heterocycles. The Morgan fingerprint density at radius 2 is 2.05 bits per heavy atom. The van der Waals surface area contributed by atoms with Gasteiger partial charge in [0, 0.05) is 12.7 Å². The van der Waals surface area contributed by atoms with E-state index >= 15 is 0 Å². The van der Waals surface area contributed by atoms with Crippen molar-refractivity contribution < 1.29 is 9.90 Å². The Balaban J connectivity index is 2.77. The van der Waals surface area contributed by atoms with E-state index < -0.39 is 0 Å². The number of rotatable bonds is 5. The number of carbonyl (C=O) groups excluding carboxylic acids is 1. The van der Waals surface area contributed by atoms with Gasteiger partial charge < -0.3 is 10.4 Å². The van der Waals surface area contributed by atoms with Crippen LogP contribution >= 0.6 is 0 Å². The second-order valence-corrected chi connectivity index (χ2v) is 6.85. The summed E-state index contributed by atoms with van der Waals surface area (Å²) < 4.78 is 1.73. The van der Waals surface area contributed by atoms with E-state index in [2.05, 4.69) is 45.0 Å². The van der Waals surface area contributed by atoms with Crippen molar-refractivity contribution in [3.63, 3.8) is 0 Å². The zero-order chi connectivity index (χ0) is 15.5. The minimum Gasteiger partial charge on any atom is -0.394 e. The van der Waals surface area contributed by atoms with Gasteiger partial charge in [-0.25, -0.2) is 0 Å². The van der Waals surface area contributed by atoms with Crippen LogP contribution in [0.3, 0.4) is 0 Å². The predicted octanol–water partition coefficient (Wildman–Crippen LogP) is 2.07. The van der Waals surface area contributed by atoms with E-state index in [4.69, 9.17) is 0 Å². The molecule has 0 saturated carbocycles. The molecule has 114 valence electrons. The van der Waals surface area contributed by atoms with Crippen LogP contribution in [-0.4, -0.2) is 33.4 Å². The molecular formula is C15H27N3O2. The van der Waals surface area contributed by atoms with E-state index in [1.54, 1.807) is 4.68 Å². The first-order valence-electron chi connectivity index (χ1n) is 7.09. The molecule has 0 aromatic carbocycles. The molecule has 5 nitrogen and oxygen atoms in total. The van der Waals surface area contributed by atoms with Gasteiger partial charge in [0.15, 0.2) is 0 Å². The van der Waals surface area contributed by atoms with Crippen LogP contribution in [-0.2, 0) is 7.05 Å². The summed E-state index contributed by atoms with van der Waals surface area (Å²) in [6, 6.07) is 1.57. The van der Waals surface area contributed by atoms with E-state index in [1.165, 1.54) is 0 Å². The molecule has 20 heavy (non-hydrogen) atoms. The van der Waals surface area contributed by atoms with Crippen molar-refractivity contribution in [3.05, 3.63) is 17.5 Å². The molecule has 0 bridgehead atoms. The number of hydrogen-bond acceptors (Lipinski definition) is 3. The zero-order valence-electron chi connectivity index (χ0n) is 13.4. The number of nitrogens with one attached hydrogen (secondary N) is 1. The zero-order valence-corrected chi connectivity index (χ0v) is 13.4. The smallest absolute Gasteiger partial charge is 0.272 e. The molecule has 0 fully saturated rings. The highest BCUT2D eigenvalue weighted by atomic mass is 16.3. The molecular weight excluding hydrogens is 254 g/mol. The topological polar surface area (TPSA) is 67.2 Å². The van der Waals surface area contributed by atoms with E-state index in [9.17, 15) is 9.90 Å². The van der Waals surface area contributed by atoms with Crippen molar-refractivity contribution in [2.24, 2.45) is 12.5 Å². The molecule has 0 saturated heterocycles. The summed E-state index contributed by atoms with van der Waals surface area (Å²) >= 11 is 0. The lowest BCUT2D eigenvalue weighted by Crippen LogP contribution is -2.40. The highest BCUT2D eigenvalue weighted by Crippen LogP contribution is 2.21. The minimum absolute atomic E-state index is 0.0495. The third kappa shape index (κ3) is 4.63. The fraction of sp³-hybridized carbons (Fsp3) is 0.733. The Bertz CT molecular complexity index is 458. The molecule has 5 heteroatoms. The van der Waals surface area contributed by atoms with Crippen molar-refractivity contribution in [1.82, 2.24) is 15.1 Å². The van der Waals surface area contributed by atoms with Crippen LogP contribution in [0.25, 0.3) is 0 Å². The molecule has 0 aliphatic carbocycles. The highest BCUT2D eigenvalue weighted by molar-refractivity contribution is 5.92.